The smallest absolute Gasteiger partial charge is 1.00 e. The molecule has 0 unspecified atom stereocenters. The molecule has 4 aromatic heterocycles. The number of rotatable bonds is 4. The predicted octanol–water partition coefficient (Wildman–Crippen LogP) is -6.58. The van der Waals surface area contributed by atoms with Crippen molar-refractivity contribution in [1.82, 2.24) is 28.6 Å². The van der Waals surface area contributed by atoms with Crippen LogP contribution in [0.5, 0.6) is 0 Å². The van der Waals surface area contributed by atoms with Gasteiger partial charge >= 0.3 is 46.1 Å². The maximum atomic E-state index is 4.94. The van der Waals surface area contributed by atoms with E-state index in [1.165, 1.54) is 38.5 Å². The van der Waals surface area contributed by atoms with Gasteiger partial charge in [-0.2, -0.15) is 10.2 Å². The molecular weight excluding hydrogens is 589 g/mol. The van der Waals surface area contributed by atoms with E-state index in [0.717, 1.165) is 39.6 Å². The van der Waals surface area contributed by atoms with Crippen molar-refractivity contribution in [3.63, 3.8) is 0 Å². The molecule has 218 valence electrons. The number of H-pyrrole nitrogens is 2. The fourth-order valence-electron chi connectivity index (χ4n) is 3.90. The maximum absolute atomic E-state index is 4.94. The van der Waals surface area contributed by atoms with Gasteiger partial charge in [0.1, 0.15) is 0 Å². The van der Waals surface area contributed by atoms with Crippen LogP contribution in [0.1, 0.15) is 38.5 Å². The Labute approximate surface area is 289 Å². The first-order chi connectivity index (χ1) is 18.4. The van der Waals surface area contributed by atoms with Crippen molar-refractivity contribution in [2.45, 2.75) is 38.5 Å². The Hall–Kier alpha value is -1.04. The third-order valence-corrected chi connectivity index (χ3v) is 5.96. The van der Waals surface area contributed by atoms with Crippen molar-refractivity contribution < 1.29 is 49.2 Å². The first kappa shape index (κ1) is 42.1. The predicted molar refractivity (Wildman–Crippen MR) is 157 cm³/mol. The van der Waals surface area contributed by atoms with E-state index in [4.69, 9.17) is 14.2 Å². The van der Waals surface area contributed by atoms with Gasteiger partial charge < -0.3 is 57.4 Å². The van der Waals surface area contributed by atoms with Crippen LogP contribution in [0, 0.1) is 0 Å². The second-order valence-corrected chi connectivity index (χ2v) is 9.21. The van der Waals surface area contributed by atoms with Crippen LogP contribution in [0.4, 0.5) is 0 Å². The summed E-state index contributed by atoms with van der Waals surface area (Å²) >= 11 is 0. The Kier molecular flexibility index (Phi) is 29.8. The van der Waals surface area contributed by atoms with Gasteiger partial charge in [0.25, 0.3) is 7.55 Å². The van der Waals surface area contributed by atoms with E-state index in [1.807, 2.05) is 70.6 Å². The number of hydrogen-bond acceptors (Lipinski definition) is 5. The van der Waals surface area contributed by atoms with Crippen molar-refractivity contribution in [1.29, 1.82) is 0 Å². The van der Waals surface area contributed by atoms with Crippen LogP contribution in [0.15, 0.2) is 73.8 Å². The quantitative estimate of drug-likeness (QED) is 0.209. The van der Waals surface area contributed by atoms with Gasteiger partial charge in [-0.15, -0.1) is 0 Å². The van der Waals surface area contributed by atoms with E-state index < -0.39 is 7.55 Å². The first-order valence-electron chi connectivity index (χ1n) is 13.7. The number of nitrogens with zero attached hydrogens (tertiary/aromatic N) is 6. The molecule has 3 fully saturated rings. The van der Waals surface area contributed by atoms with Gasteiger partial charge in [-0.3, -0.25) is 0 Å². The minimum Gasteiger partial charge on any atom is -1.00 e. The molecule has 0 spiro atoms. The van der Waals surface area contributed by atoms with Crippen LogP contribution in [-0.4, -0.2) is 129 Å². The van der Waals surface area contributed by atoms with Gasteiger partial charge in [-0.05, 0) is 63.1 Å². The zero-order valence-corrected chi connectivity index (χ0v) is 28.8. The summed E-state index contributed by atoms with van der Waals surface area (Å²) in [4.78, 5) is 0. The fraction of sp³-hybridized carbons (Fsp3) is 0.500. The largest absolute Gasteiger partial charge is 2.00 e. The Bertz CT molecular complexity index is 817. The van der Waals surface area contributed by atoms with Crippen LogP contribution in [-0.2, 0) is 14.2 Å². The number of halogens is 2. The van der Waals surface area contributed by atoms with Gasteiger partial charge in [0.15, 0.2) is 19.9 Å². The minimum atomic E-state index is -0.417. The van der Waals surface area contributed by atoms with E-state index in [0.29, 0.717) is 0 Å². The molecule has 2 N–H and O–H groups in total. The molecule has 3 aliphatic heterocycles. The van der Waals surface area contributed by atoms with E-state index >= 15 is 0 Å². The zero-order chi connectivity index (χ0) is 25.6. The molecule has 0 aromatic carbocycles. The number of aromatic amines is 2. The summed E-state index contributed by atoms with van der Waals surface area (Å²) in [5.41, 5.74) is 0. The van der Waals surface area contributed by atoms with Crippen molar-refractivity contribution in [3.05, 3.63) is 73.8 Å². The number of hydrogen-bond donors (Lipinski definition) is 0. The molecule has 0 saturated carbocycles. The molecule has 17 heteroatoms. The van der Waals surface area contributed by atoms with E-state index in [1.54, 1.807) is 12.4 Å². The van der Waals surface area contributed by atoms with Crippen LogP contribution in [0.3, 0.4) is 0 Å². The van der Waals surface area contributed by atoms with Gasteiger partial charge in [0.2, 0.25) is 0 Å². The SMILES string of the molecule is C1CCOC1.C1CCOC1.C1CCOC1.[BH2-](n1ccc[nH+]1)n1ccc[nH+]1.[BH2-](n1cccn1)n1cccn1.[Cl-].[Cl-].[Mg+2].[Mg+2]. The number of aromatic nitrogens is 8. The van der Waals surface area contributed by atoms with Gasteiger partial charge in [-0.1, -0.05) is 0 Å². The van der Waals surface area contributed by atoms with Gasteiger partial charge in [0, 0.05) is 76.6 Å². The Balaban J connectivity index is 0. The average Bonchev–Trinajstić information content (AvgIpc) is 3.78. The van der Waals surface area contributed by atoms with E-state index in [2.05, 4.69) is 29.6 Å². The normalized spacial score (nSPS) is 14.2. The Morgan fingerprint density at radius 2 is 0.878 bits per heavy atom. The van der Waals surface area contributed by atoms with Gasteiger partial charge in [-0.25, -0.2) is 10.2 Å². The molecule has 0 atom stereocenters. The van der Waals surface area contributed by atoms with Crippen LogP contribution < -0.4 is 35.0 Å². The third kappa shape index (κ3) is 21.3. The molecule has 7 rings (SSSR count). The third-order valence-electron chi connectivity index (χ3n) is 5.96. The average molecular weight is 632 g/mol. The monoisotopic (exact) mass is 630 g/mol. The van der Waals surface area contributed by atoms with Crippen molar-refractivity contribution in [3.8, 4) is 0 Å². The summed E-state index contributed by atoms with van der Waals surface area (Å²) in [7, 11) is -0.722. The standard InChI is InChI=1S/2C6H8BN4.3C4H8O.2ClH.2Mg/c2*1-3-8-10(5-1)7-11-6-2-4-9-11;3*1-2-4-5-3-1;;;;/h2*1-6H,7H2;3*1-4H2;2*1H;;/q2*-1;;;;;;2*+2. The Morgan fingerprint density at radius 3 is 1.10 bits per heavy atom. The topological polar surface area (TPSA) is 101 Å². The molecule has 0 aliphatic carbocycles. The second kappa shape index (κ2) is 29.1. The van der Waals surface area contributed by atoms with Gasteiger partial charge in [0.05, 0.1) is 0 Å². The first-order valence-corrected chi connectivity index (χ1v) is 13.7. The molecule has 0 bridgehead atoms. The van der Waals surface area contributed by atoms with Crippen molar-refractivity contribution >= 4 is 61.2 Å². The Morgan fingerprint density at radius 1 is 0.512 bits per heavy atom. The summed E-state index contributed by atoms with van der Waals surface area (Å²) in [6, 6.07) is 7.83. The summed E-state index contributed by atoms with van der Waals surface area (Å²) in [6.07, 6.45) is 23.1. The van der Waals surface area contributed by atoms with Crippen LogP contribution in [0.2, 0.25) is 0 Å². The summed E-state index contributed by atoms with van der Waals surface area (Å²) < 4.78 is 22.9. The van der Waals surface area contributed by atoms with Crippen LogP contribution >= 0.6 is 0 Å². The molecule has 3 saturated heterocycles. The minimum absolute atomic E-state index is 0. The molecule has 41 heavy (non-hydrogen) atoms. The second-order valence-electron chi connectivity index (χ2n) is 9.21. The number of nitrogens with one attached hydrogen (secondary N) is 2. The summed E-state index contributed by atoms with van der Waals surface area (Å²) in [5, 5.41) is 14.4. The molecule has 11 nitrogen and oxygen atoms in total. The van der Waals surface area contributed by atoms with E-state index in [-0.39, 0.29) is 78.5 Å². The maximum Gasteiger partial charge on any atom is 2.00 e. The molecule has 7 heterocycles. The summed E-state index contributed by atoms with van der Waals surface area (Å²) in [5.74, 6) is 0. The van der Waals surface area contributed by atoms with Crippen LogP contribution in [0.25, 0.3) is 0 Å². The molecule has 4 aromatic rings. The van der Waals surface area contributed by atoms with Crippen molar-refractivity contribution in [2.75, 3.05) is 39.6 Å². The van der Waals surface area contributed by atoms with Crippen molar-refractivity contribution in [2.24, 2.45) is 0 Å². The molecular formula is C24H42B2Cl2Mg2N8O3+2. The zero-order valence-electron chi connectivity index (χ0n) is 24.5. The fourth-order valence-corrected chi connectivity index (χ4v) is 3.90. The summed E-state index contributed by atoms with van der Waals surface area (Å²) in [6.45, 7) is 6.00. The molecule has 0 amide bonds. The molecule has 3 aliphatic rings. The number of ether oxygens (including phenoxy) is 3. The van der Waals surface area contributed by atoms with E-state index in [9.17, 15) is 0 Å². The molecule has 0 radical (unpaired) electrons.